The minimum Gasteiger partial charge on any atom is -0.383 e. The van der Waals surface area contributed by atoms with Crippen molar-refractivity contribution in [1.82, 2.24) is 4.90 Å². The Bertz CT molecular complexity index is 248. The van der Waals surface area contributed by atoms with E-state index in [0.717, 1.165) is 13.2 Å². The van der Waals surface area contributed by atoms with Gasteiger partial charge in [-0.05, 0) is 19.2 Å². The Morgan fingerprint density at radius 2 is 1.93 bits per heavy atom. The molecule has 0 N–H and O–H groups in total. The van der Waals surface area contributed by atoms with Gasteiger partial charge in [-0.25, -0.2) is 0 Å². The first-order chi connectivity index (χ1) is 6.79. The van der Waals surface area contributed by atoms with Gasteiger partial charge >= 0.3 is 0 Å². The van der Waals surface area contributed by atoms with Crippen molar-refractivity contribution in [3.63, 3.8) is 0 Å². The Balaban J connectivity index is 2.77. The Hall–Kier alpha value is -0.860. The lowest BCUT2D eigenvalue weighted by Gasteiger charge is -2.26. The summed E-state index contributed by atoms with van der Waals surface area (Å²) in [6.07, 6.45) is 0. The molecule has 0 aliphatic rings. The summed E-state index contributed by atoms with van der Waals surface area (Å²) in [6.45, 7) is 3.93. The summed E-state index contributed by atoms with van der Waals surface area (Å²) >= 11 is 0. The molecule has 2 nitrogen and oxygen atoms in total. The zero-order chi connectivity index (χ0) is 10.4. The van der Waals surface area contributed by atoms with Gasteiger partial charge in [-0.2, -0.15) is 0 Å². The second kappa shape index (κ2) is 5.78. The number of hydrogen-bond acceptors (Lipinski definition) is 2. The third kappa shape index (κ3) is 2.82. The van der Waals surface area contributed by atoms with E-state index in [0.29, 0.717) is 6.04 Å². The van der Waals surface area contributed by atoms with E-state index in [2.05, 4.69) is 43.1 Å². The number of rotatable bonds is 5. The van der Waals surface area contributed by atoms with Crippen LogP contribution in [0.1, 0.15) is 18.5 Å². The van der Waals surface area contributed by atoms with Crippen molar-refractivity contribution in [2.75, 3.05) is 27.3 Å². The molecular weight excluding hydrogens is 174 g/mol. The van der Waals surface area contributed by atoms with Crippen LogP contribution in [-0.4, -0.2) is 32.2 Å². The molecule has 0 saturated carbocycles. The van der Waals surface area contributed by atoms with Crippen molar-refractivity contribution in [3.8, 4) is 0 Å². The van der Waals surface area contributed by atoms with Crippen LogP contribution in [0.5, 0.6) is 0 Å². The van der Waals surface area contributed by atoms with E-state index in [-0.39, 0.29) is 0 Å². The first-order valence-electron chi connectivity index (χ1n) is 5.03. The summed E-state index contributed by atoms with van der Waals surface area (Å²) in [6, 6.07) is 10.8. The van der Waals surface area contributed by atoms with E-state index >= 15 is 0 Å². The fourth-order valence-corrected chi connectivity index (χ4v) is 1.53. The van der Waals surface area contributed by atoms with Crippen molar-refractivity contribution >= 4 is 0 Å². The number of benzene rings is 1. The molecule has 0 amide bonds. The molecule has 0 aliphatic carbocycles. The van der Waals surface area contributed by atoms with E-state index in [9.17, 15) is 0 Å². The molecule has 1 unspecified atom stereocenters. The van der Waals surface area contributed by atoms with Gasteiger partial charge in [-0.3, -0.25) is 4.90 Å². The largest absolute Gasteiger partial charge is 0.383 e. The molecule has 0 saturated heterocycles. The zero-order valence-electron chi connectivity index (χ0n) is 9.23. The van der Waals surface area contributed by atoms with Crippen LogP contribution in [0.4, 0.5) is 0 Å². The standard InChI is InChI=1S/C12H19NO/c1-4-13(2)12(10-14-3)11-8-6-5-7-9-11/h5-9,12H,4,10H2,1-3H3. The minimum atomic E-state index is 0.367. The zero-order valence-corrected chi connectivity index (χ0v) is 9.23. The summed E-state index contributed by atoms with van der Waals surface area (Å²) in [4.78, 5) is 2.29. The van der Waals surface area contributed by atoms with Crippen LogP contribution in [0.3, 0.4) is 0 Å². The average Bonchev–Trinajstić information content (AvgIpc) is 2.26. The third-order valence-electron chi connectivity index (χ3n) is 2.54. The Morgan fingerprint density at radius 3 is 2.43 bits per heavy atom. The third-order valence-corrected chi connectivity index (χ3v) is 2.54. The topological polar surface area (TPSA) is 12.5 Å². The van der Waals surface area contributed by atoms with Crippen LogP contribution in [0.2, 0.25) is 0 Å². The number of nitrogens with zero attached hydrogens (tertiary/aromatic N) is 1. The molecule has 0 bridgehead atoms. The molecule has 0 aromatic heterocycles. The van der Waals surface area contributed by atoms with Crippen LogP contribution in [0.25, 0.3) is 0 Å². The van der Waals surface area contributed by atoms with Gasteiger partial charge in [0.05, 0.1) is 12.6 Å². The SMILES string of the molecule is CCN(C)C(COC)c1ccccc1. The molecule has 0 spiro atoms. The van der Waals surface area contributed by atoms with Crippen LogP contribution in [0.15, 0.2) is 30.3 Å². The van der Waals surface area contributed by atoms with Crippen LogP contribution >= 0.6 is 0 Å². The van der Waals surface area contributed by atoms with Crippen molar-refractivity contribution < 1.29 is 4.74 Å². The predicted molar refractivity (Wildman–Crippen MR) is 59.4 cm³/mol. The Morgan fingerprint density at radius 1 is 1.29 bits per heavy atom. The molecule has 0 radical (unpaired) electrons. The molecule has 0 aliphatic heterocycles. The van der Waals surface area contributed by atoms with Gasteiger partial charge in [0.2, 0.25) is 0 Å². The molecule has 14 heavy (non-hydrogen) atoms. The molecule has 1 aromatic carbocycles. The number of likely N-dealkylation sites (N-methyl/N-ethyl adjacent to an activating group) is 1. The van der Waals surface area contributed by atoms with Gasteiger partial charge in [-0.15, -0.1) is 0 Å². The highest BCUT2D eigenvalue weighted by atomic mass is 16.5. The molecule has 1 rings (SSSR count). The summed E-state index contributed by atoms with van der Waals surface area (Å²) in [5.74, 6) is 0. The number of hydrogen-bond donors (Lipinski definition) is 0. The average molecular weight is 193 g/mol. The Labute approximate surface area is 86.5 Å². The van der Waals surface area contributed by atoms with E-state index in [4.69, 9.17) is 4.74 Å². The molecule has 78 valence electrons. The van der Waals surface area contributed by atoms with Crippen LogP contribution in [-0.2, 0) is 4.74 Å². The normalized spacial score (nSPS) is 13.1. The van der Waals surface area contributed by atoms with Crippen LogP contribution in [0, 0.1) is 0 Å². The minimum absolute atomic E-state index is 0.367. The highest BCUT2D eigenvalue weighted by Gasteiger charge is 2.14. The summed E-state index contributed by atoms with van der Waals surface area (Å²) < 4.78 is 5.24. The van der Waals surface area contributed by atoms with Crippen molar-refractivity contribution in [2.24, 2.45) is 0 Å². The van der Waals surface area contributed by atoms with Gasteiger partial charge in [0.15, 0.2) is 0 Å². The van der Waals surface area contributed by atoms with E-state index in [1.807, 2.05) is 6.07 Å². The van der Waals surface area contributed by atoms with E-state index < -0.39 is 0 Å². The summed E-state index contributed by atoms with van der Waals surface area (Å²) in [7, 11) is 3.87. The number of methoxy groups -OCH3 is 1. The molecular formula is C12H19NO. The maximum absolute atomic E-state index is 5.24. The lowest BCUT2D eigenvalue weighted by atomic mass is 10.1. The first kappa shape index (κ1) is 11.2. The monoisotopic (exact) mass is 193 g/mol. The summed E-state index contributed by atoms with van der Waals surface area (Å²) in [5.41, 5.74) is 1.32. The van der Waals surface area contributed by atoms with Gasteiger partial charge in [0.1, 0.15) is 0 Å². The second-order valence-electron chi connectivity index (χ2n) is 3.46. The molecule has 2 heteroatoms. The van der Waals surface area contributed by atoms with Gasteiger partial charge in [-0.1, -0.05) is 37.3 Å². The first-order valence-corrected chi connectivity index (χ1v) is 5.03. The summed E-state index contributed by atoms with van der Waals surface area (Å²) in [5, 5.41) is 0. The second-order valence-corrected chi connectivity index (χ2v) is 3.46. The number of ether oxygens (including phenoxy) is 1. The lowest BCUT2D eigenvalue weighted by molar-refractivity contribution is 0.109. The van der Waals surface area contributed by atoms with E-state index in [1.165, 1.54) is 5.56 Å². The van der Waals surface area contributed by atoms with Gasteiger partial charge in [0, 0.05) is 7.11 Å². The highest BCUT2D eigenvalue weighted by Crippen LogP contribution is 2.18. The predicted octanol–water partition coefficient (Wildman–Crippen LogP) is 2.33. The van der Waals surface area contributed by atoms with E-state index in [1.54, 1.807) is 7.11 Å². The quantitative estimate of drug-likeness (QED) is 0.711. The maximum atomic E-state index is 5.24. The maximum Gasteiger partial charge on any atom is 0.0659 e. The van der Waals surface area contributed by atoms with Crippen molar-refractivity contribution in [3.05, 3.63) is 35.9 Å². The Kier molecular flexibility index (Phi) is 4.63. The molecule has 1 aromatic rings. The van der Waals surface area contributed by atoms with Gasteiger partial charge < -0.3 is 4.74 Å². The van der Waals surface area contributed by atoms with Gasteiger partial charge in [0.25, 0.3) is 0 Å². The smallest absolute Gasteiger partial charge is 0.0659 e. The fraction of sp³-hybridized carbons (Fsp3) is 0.500. The highest BCUT2D eigenvalue weighted by molar-refractivity contribution is 5.18. The molecule has 0 heterocycles. The molecule has 1 atom stereocenters. The van der Waals surface area contributed by atoms with Crippen molar-refractivity contribution in [2.45, 2.75) is 13.0 Å². The van der Waals surface area contributed by atoms with Crippen LogP contribution < -0.4 is 0 Å². The molecule has 0 fully saturated rings. The van der Waals surface area contributed by atoms with Crippen molar-refractivity contribution in [1.29, 1.82) is 0 Å². The lowest BCUT2D eigenvalue weighted by Crippen LogP contribution is -2.27. The fourth-order valence-electron chi connectivity index (χ4n) is 1.53.